The number of hydrogen-bond donors (Lipinski definition) is 2. The fourth-order valence-corrected chi connectivity index (χ4v) is 2.82. The fourth-order valence-electron chi connectivity index (χ4n) is 2.82. The third-order valence-electron chi connectivity index (χ3n) is 4.05. The second-order valence-corrected chi connectivity index (χ2v) is 5.43. The summed E-state index contributed by atoms with van der Waals surface area (Å²) in [6.07, 6.45) is 3.86. The SMILES string of the molecule is Cc1cc2c(cc1NCCC1CCNCC1)OCO2. The van der Waals surface area contributed by atoms with E-state index in [-0.39, 0.29) is 0 Å². The summed E-state index contributed by atoms with van der Waals surface area (Å²) in [6, 6.07) is 4.11. The molecule has 0 radical (unpaired) electrons. The van der Waals surface area contributed by atoms with Crippen molar-refractivity contribution in [3.8, 4) is 11.5 Å². The van der Waals surface area contributed by atoms with E-state index in [1.165, 1.54) is 37.9 Å². The molecular formula is C15H22N2O2. The molecule has 4 nitrogen and oxygen atoms in total. The molecule has 0 bridgehead atoms. The molecule has 19 heavy (non-hydrogen) atoms. The van der Waals surface area contributed by atoms with Crippen LogP contribution in [0.2, 0.25) is 0 Å². The summed E-state index contributed by atoms with van der Waals surface area (Å²) in [5.74, 6) is 2.58. The zero-order chi connectivity index (χ0) is 13.1. The molecule has 0 aromatic heterocycles. The summed E-state index contributed by atoms with van der Waals surface area (Å²) in [4.78, 5) is 0. The van der Waals surface area contributed by atoms with Crippen molar-refractivity contribution in [3.05, 3.63) is 17.7 Å². The molecule has 1 aromatic rings. The molecule has 1 fully saturated rings. The molecule has 1 saturated heterocycles. The van der Waals surface area contributed by atoms with Crippen molar-refractivity contribution in [2.45, 2.75) is 26.2 Å². The van der Waals surface area contributed by atoms with E-state index in [1.807, 2.05) is 0 Å². The van der Waals surface area contributed by atoms with E-state index in [0.717, 1.165) is 29.6 Å². The predicted molar refractivity (Wildman–Crippen MR) is 76.0 cm³/mol. The van der Waals surface area contributed by atoms with Crippen LogP contribution in [0, 0.1) is 12.8 Å². The highest BCUT2D eigenvalue weighted by atomic mass is 16.7. The van der Waals surface area contributed by atoms with Crippen LogP contribution in [0.4, 0.5) is 5.69 Å². The molecule has 0 aliphatic carbocycles. The highest BCUT2D eigenvalue weighted by Crippen LogP contribution is 2.36. The maximum absolute atomic E-state index is 5.42. The van der Waals surface area contributed by atoms with Crippen molar-refractivity contribution in [1.29, 1.82) is 0 Å². The Hall–Kier alpha value is -1.42. The van der Waals surface area contributed by atoms with E-state index in [2.05, 4.69) is 29.7 Å². The number of hydrogen-bond acceptors (Lipinski definition) is 4. The lowest BCUT2D eigenvalue weighted by molar-refractivity contribution is 0.174. The van der Waals surface area contributed by atoms with Crippen LogP contribution < -0.4 is 20.1 Å². The number of aryl methyl sites for hydroxylation is 1. The molecule has 0 amide bonds. The molecule has 4 heteroatoms. The quantitative estimate of drug-likeness (QED) is 0.875. The molecule has 2 aliphatic heterocycles. The number of piperidine rings is 1. The number of benzene rings is 1. The minimum Gasteiger partial charge on any atom is -0.454 e. The van der Waals surface area contributed by atoms with Crippen LogP contribution in [0.3, 0.4) is 0 Å². The lowest BCUT2D eigenvalue weighted by atomic mass is 9.95. The molecule has 2 heterocycles. The smallest absolute Gasteiger partial charge is 0.231 e. The average molecular weight is 262 g/mol. The van der Waals surface area contributed by atoms with E-state index < -0.39 is 0 Å². The Morgan fingerprint density at radius 3 is 2.74 bits per heavy atom. The maximum Gasteiger partial charge on any atom is 0.231 e. The van der Waals surface area contributed by atoms with Gasteiger partial charge in [-0.15, -0.1) is 0 Å². The maximum atomic E-state index is 5.42. The molecule has 2 N–H and O–H groups in total. The normalized spacial score (nSPS) is 18.6. The first-order valence-corrected chi connectivity index (χ1v) is 7.18. The lowest BCUT2D eigenvalue weighted by Gasteiger charge is -2.23. The molecule has 0 unspecified atom stereocenters. The highest BCUT2D eigenvalue weighted by Gasteiger charge is 2.16. The first kappa shape index (κ1) is 12.6. The Labute approximate surface area is 114 Å². The van der Waals surface area contributed by atoms with Gasteiger partial charge in [-0.2, -0.15) is 0 Å². The Bertz CT molecular complexity index is 442. The van der Waals surface area contributed by atoms with Gasteiger partial charge in [-0.3, -0.25) is 0 Å². The van der Waals surface area contributed by atoms with Gasteiger partial charge in [0.2, 0.25) is 6.79 Å². The van der Waals surface area contributed by atoms with Crippen molar-refractivity contribution in [3.63, 3.8) is 0 Å². The van der Waals surface area contributed by atoms with Crippen LogP contribution in [0.15, 0.2) is 12.1 Å². The van der Waals surface area contributed by atoms with Crippen molar-refractivity contribution in [1.82, 2.24) is 5.32 Å². The standard InChI is InChI=1S/C15H22N2O2/c1-11-8-14-15(19-10-18-14)9-13(11)17-7-4-12-2-5-16-6-3-12/h8-9,12,16-17H,2-7,10H2,1H3. The second kappa shape index (κ2) is 5.70. The number of ether oxygens (including phenoxy) is 2. The molecule has 2 aliphatic rings. The van der Waals surface area contributed by atoms with E-state index in [4.69, 9.17) is 9.47 Å². The van der Waals surface area contributed by atoms with Gasteiger partial charge >= 0.3 is 0 Å². The van der Waals surface area contributed by atoms with Gasteiger partial charge in [-0.1, -0.05) is 0 Å². The predicted octanol–water partition coefficient (Wildman–Crippen LogP) is 2.53. The van der Waals surface area contributed by atoms with E-state index in [9.17, 15) is 0 Å². The molecule has 104 valence electrons. The van der Waals surface area contributed by atoms with Gasteiger partial charge in [0.05, 0.1) is 0 Å². The van der Waals surface area contributed by atoms with Gasteiger partial charge in [0.15, 0.2) is 11.5 Å². The first-order chi connectivity index (χ1) is 9.33. The zero-order valence-corrected chi connectivity index (χ0v) is 11.5. The summed E-state index contributed by atoms with van der Waals surface area (Å²) in [6.45, 7) is 5.83. The van der Waals surface area contributed by atoms with Gasteiger partial charge < -0.3 is 20.1 Å². The summed E-state index contributed by atoms with van der Waals surface area (Å²) in [7, 11) is 0. The van der Waals surface area contributed by atoms with Gasteiger partial charge in [-0.05, 0) is 56.8 Å². The number of rotatable bonds is 4. The monoisotopic (exact) mass is 262 g/mol. The van der Waals surface area contributed by atoms with Crippen LogP contribution in [-0.2, 0) is 0 Å². The van der Waals surface area contributed by atoms with E-state index >= 15 is 0 Å². The molecule has 0 saturated carbocycles. The molecular weight excluding hydrogens is 240 g/mol. The van der Waals surface area contributed by atoms with Crippen molar-refractivity contribution in [2.24, 2.45) is 5.92 Å². The topological polar surface area (TPSA) is 42.5 Å². The van der Waals surface area contributed by atoms with Crippen molar-refractivity contribution < 1.29 is 9.47 Å². The van der Waals surface area contributed by atoms with Crippen LogP contribution >= 0.6 is 0 Å². The molecule has 0 atom stereocenters. The van der Waals surface area contributed by atoms with Gasteiger partial charge in [0.25, 0.3) is 0 Å². The summed E-state index contributed by atoms with van der Waals surface area (Å²) < 4.78 is 10.8. The molecule has 0 spiro atoms. The average Bonchev–Trinajstić information content (AvgIpc) is 2.87. The zero-order valence-electron chi connectivity index (χ0n) is 11.5. The van der Waals surface area contributed by atoms with Gasteiger partial charge in [-0.25, -0.2) is 0 Å². The van der Waals surface area contributed by atoms with E-state index in [0.29, 0.717) is 6.79 Å². The molecule has 3 rings (SSSR count). The van der Waals surface area contributed by atoms with Crippen molar-refractivity contribution >= 4 is 5.69 Å². The van der Waals surface area contributed by atoms with Crippen molar-refractivity contribution in [2.75, 3.05) is 31.7 Å². The summed E-state index contributed by atoms with van der Waals surface area (Å²) >= 11 is 0. The summed E-state index contributed by atoms with van der Waals surface area (Å²) in [5, 5.41) is 6.94. The molecule has 1 aromatic carbocycles. The highest BCUT2D eigenvalue weighted by molar-refractivity contribution is 5.60. The Balaban J connectivity index is 1.54. The minimum atomic E-state index is 0.341. The minimum absolute atomic E-state index is 0.341. The van der Waals surface area contributed by atoms with Crippen LogP contribution in [0.5, 0.6) is 11.5 Å². The van der Waals surface area contributed by atoms with Crippen LogP contribution in [0.1, 0.15) is 24.8 Å². The van der Waals surface area contributed by atoms with Gasteiger partial charge in [0, 0.05) is 18.3 Å². The van der Waals surface area contributed by atoms with Gasteiger partial charge in [0.1, 0.15) is 0 Å². The number of fused-ring (bicyclic) bond motifs is 1. The first-order valence-electron chi connectivity index (χ1n) is 7.18. The Morgan fingerprint density at radius 1 is 1.21 bits per heavy atom. The number of nitrogens with one attached hydrogen (secondary N) is 2. The van der Waals surface area contributed by atoms with E-state index in [1.54, 1.807) is 0 Å². The second-order valence-electron chi connectivity index (χ2n) is 5.43. The fraction of sp³-hybridized carbons (Fsp3) is 0.600. The lowest BCUT2D eigenvalue weighted by Crippen LogP contribution is -2.28. The third kappa shape index (κ3) is 2.95. The van der Waals surface area contributed by atoms with Crippen LogP contribution in [-0.4, -0.2) is 26.4 Å². The summed E-state index contributed by atoms with van der Waals surface area (Å²) in [5.41, 5.74) is 2.38. The Kier molecular flexibility index (Phi) is 3.78. The largest absolute Gasteiger partial charge is 0.454 e. The van der Waals surface area contributed by atoms with Crippen LogP contribution in [0.25, 0.3) is 0 Å². The third-order valence-corrected chi connectivity index (χ3v) is 4.05. The number of anilines is 1. The Morgan fingerprint density at radius 2 is 1.95 bits per heavy atom.